The molecule has 0 heterocycles. The number of halogens is 1. The minimum Gasteiger partial charge on any atom is -0.271 e. The van der Waals surface area contributed by atoms with Crippen LogP contribution in [0.15, 0.2) is 0 Å². The average Bonchev–Trinajstić information content (AvgIpc) is 2.11. The molecule has 74 valence electrons. The highest BCUT2D eigenvalue weighted by Crippen LogP contribution is 2.07. The lowest BCUT2D eigenvalue weighted by molar-refractivity contribution is 0.440. The molecule has 0 aliphatic rings. The molecule has 3 heteroatoms. The number of unbranched alkanes of at least 4 members (excludes halogenated alkanes) is 2. The Labute approximate surface area is 80.8 Å². The highest BCUT2D eigenvalue weighted by molar-refractivity contribution is 6.17. The second-order valence-electron chi connectivity index (χ2n) is 3.19. The van der Waals surface area contributed by atoms with Gasteiger partial charge in [-0.3, -0.25) is 11.3 Å². The zero-order chi connectivity index (χ0) is 9.23. The van der Waals surface area contributed by atoms with Crippen LogP contribution in [0.4, 0.5) is 0 Å². The lowest BCUT2D eigenvalue weighted by Crippen LogP contribution is -2.35. The summed E-state index contributed by atoms with van der Waals surface area (Å²) in [5, 5.41) is 0. The van der Waals surface area contributed by atoms with Crippen LogP contribution >= 0.6 is 11.6 Å². The van der Waals surface area contributed by atoms with Crippen molar-refractivity contribution in [3.63, 3.8) is 0 Å². The van der Waals surface area contributed by atoms with Crippen molar-refractivity contribution in [1.82, 2.24) is 5.43 Å². The number of alkyl halides is 1. The number of nitrogens with one attached hydrogen (secondary N) is 1. The van der Waals surface area contributed by atoms with E-state index in [0.717, 1.165) is 18.7 Å². The molecule has 0 fully saturated rings. The quantitative estimate of drug-likeness (QED) is 0.268. The molecule has 0 amide bonds. The maximum atomic E-state index is 5.60. The van der Waals surface area contributed by atoms with Crippen LogP contribution in [0.5, 0.6) is 0 Å². The molecular weight excluding hydrogens is 172 g/mol. The van der Waals surface area contributed by atoms with Crippen LogP contribution < -0.4 is 11.3 Å². The van der Waals surface area contributed by atoms with Crippen molar-refractivity contribution in [1.29, 1.82) is 0 Å². The maximum absolute atomic E-state index is 5.60. The third-order valence-corrected chi connectivity index (χ3v) is 2.35. The molecule has 0 aromatic carbocycles. The molecule has 0 aromatic heterocycles. The van der Waals surface area contributed by atoms with Gasteiger partial charge in [0, 0.05) is 11.9 Å². The average molecular weight is 193 g/mol. The number of nitrogens with two attached hydrogens (primary N) is 1. The molecule has 0 rings (SSSR count). The normalized spacial score (nSPS) is 13.2. The summed E-state index contributed by atoms with van der Waals surface area (Å²) in [5.41, 5.74) is 2.84. The van der Waals surface area contributed by atoms with E-state index in [-0.39, 0.29) is 0 Å². The van der Waals surface area contributed by atoms with Gasteiger partial charge in [-0.1, -0.05) is 26.2 Å². The summed E-state index contributed by atoms with van der Waals surface area (Å²) >= 11 is 5.60. The van der Waals surface area contributed by atoms with Gasteiger partial charge in [-0.2, -0.15) is 0 Å². The van der Waals surface area contributed by atoms with Crippen LogP contribution in [-0.2, 0) is 0 Å². The molecule has 0 saturated carbocycles. The second kappa shape index (κ2) is 9.30. The van der Waals surface area contributed by atoms with Crippen LogP contribution in [0, 0.1) is 0 Å². The van der Waals surface area contributed by atoms with E-state index in [0.29, 0.717) is 6.04 Å². The Morgan fingerprint density at radius 2 is 1.92 bits per heavy atom. The molecule has 0 spiro atoms. The van der Waals surface area contributed by atoms with E-state index in [9.17, 15) is 0 Å². The summed E-state index contributed by atoms with van der Waals surface area (Å²) in [6, 6.07) is 0.468. The first-order chi connectivity index (χ1) is 5.85. The first kappa shape index (κ1) is 12.2. The van der Waals surface area contributed by atoms with E-state index in [1.807, 2.05) is 0 Å². The summed E-state index contributed by atoms with van der Waals surface area (Å²) in [5.74, 6) is 6.14. The molecule has 0 aliphatic carbocycles. The van der Waals surface area contributed by atoms with Gasteiger partial charge in [-0.25, -0.2) is 0 Å². The largest absolute Gasteiger partial charge is 0.271 e. The summed E-state index contributed by atoms with van der Waals surface area (Å²) < 4.78 is 0. The Hall–Kier alpha value is 0.210. The number of hydrogen-bond donors (Lipinski definition) is 2. The molecule has 12 heavy (non-hydrogen) atoms. The van der Waals surface area contributed by atoms with Crippen LogP contribution in [0.1, 0.15) is 45.4 Å². The summed E-state index contributed by atoms with van der Waals surface area (Å²) in [4.78, 5) is 0. The Balaban J connectivity index is 3.26. The van der Waals surface area contributed by atoms with Crippen LogP contribution in [0.25, 0.3) is 0 Å². The Morgan fingerprint density at radius 1 is 1.25 bits per heavy atom. The fourth-order valence-electron chi connectivity index (χ4n) is 1.28. The lowest BCUT2D eigenvalue weighted by atomic mass is 10.1. The minimum absolute atomic E-state index is 0.468. The predicted molar refractivity (Wildman–Crippen MR) is 55.2 cm³/mol. The van der Waals surface area contributed by atoms with E-state index in [1.165, 1.54) is 25.7 Å². The maximum Gasteiger partial charge on any atom is 0.0224 e. The van der Waals surface area contributed by atoms with E-state index < -0.39 is 0 Å². The summed E-state index contributed by atoms with van der Waals surface area (Å²) in [6.07, 6.45) is 7.19. The molecule has 0 saturated heterocycles. The van der Waals surface area contributed by atoms with Crippen LogP contribution in [0.3, 0.4) is 0 Å². The fourth-order valence-corrected chi connectivity index (χ4v) is 1.43. The molecule has 0 aromatic rings. The second-order valence-corrected chi connectivity index (χ2v) is 3.57. The standard InChI is InChI=1S/C9H21ClN2/c1-2-3-4-6-9(12-11)7-5-8-10/h9,12H,2-8,11H2,1H3. The highest BCUT2D eigenvalue weighted by Gasteiger charge is 2.04. The van der Waals surface area contributed by atoms with Gasteiger partial charge in [0.25, 0.3) is 0 Å². The van der Waals surface area contributed by atoms with Gasteiger partial charge in [0.2, 0.25) is 0 Å². The first-order valence-electron chi connectivity index (χ1n) is 4.87. The monoisotopic (exact) mass is 192 g/mol. The minimum atomic E-state index is 0.468. The highest BCUT2D eigenvalue weighted by atomic mass is 35.5. The van der Waals surface area contributed by atoms with Crippen molar-refractivity contribution >= 4 is 11.6 Å². The number of rotatable bonds is 8. The number of hydrogen-bond acceptors (Lipinski definition) is 2. The SMILES string of the molecule is CCCCCC(CCCCl)NN. The Morgan fingerprint density at radius 3 is 2.42 bits per heavy atom. The topological polar surface area (TPSA) is 38.0 Å². The third-order valence-electron chi connectivity index (χ3n) is 2.08. The predicted octanol–water partition coefficient (Wildman–Crippen LogP) is 2.42. The van der Waals surface area contributed by atoms with Crippen molar-refractivity contribution < 1.29 is 0 Å². The fraction of sp³-hybridized carbons (Fsp3) is 1.00. The van der Waals surface area contributed by atoms with Gasteiger partial charge in [0.05, 0.1) is 0 Å². The van der Waals surface area contributed by atoms with Gasteiger partial charge in [0.15, 0.2) is 0 Å². The van der Waals surface area contributed by atoms with Crippen LogP contribution in [-0.4, -0.2) is 11.9 Å². The smallest absolute Gasteiger partial charge is 0.0224 e. The van der Waals surface area contributed by atoms with E-state index >= 15 is 0 Å². The molecule has 3 N–H and O–H groups in total. The van der Waals surface area contributed by atoms with E-state index in [4.69, 9.17) is 17.4 Å². The third kappa shape index (κ3) is 6.89. The van der Waals surface area contributed by atoms with Crippen molar-refractivity contribution in [3.8, 4) is 0 Å². The lowest BCUT2D eigenvalue weighted by Gasteiger charge is -2.14. The molecule has 0 bridgehead atoms. The molecule has 2 nitrogen and oxygen atoms in total. The molecule has 0 radical (unpaired) electrons. The van der Waals surface area contributed by atoms with Crippen molar-refractivity contribution in [2.24, 2.45) is 5.84 Å². The molecule has 1 atom stereocenters. The van der Waals surface area contributed by atoms with Crippen molar-refractivity contribution in [2.45, 2.75) is 51.5 Å². The van der Waals surface area contributed by atoms with Gasteiger partial charge < -0.3 is 0 Å². The van der Waals surface area contributed by atoms with Crippen molar-refractivity contribution in [2.75, 3.05) is 5.88 Å². The number of hydrazine groups is 1. The zero-order valence-electron chi connectivity index (χ0n) is 7.98. The van der Waals surface area contributed by atoms with Gasteiger partial charge in [-0.15, -0.1) is 11.6 Å². The van der Waals surface area contributed by atoms with Crippen LogP contribution in [0.2, 0.25) is 0 Å². The summed E-state index contributed by atoms with van der Waals surface area (Å²) in [6.45, 7) is 2.21. The van der Waals surface area contributed by atoms with Gasteiger partial charge in [0.1, 0.15) is 0 Å². The van der Waals surface area contributed by atoms with Gasteiger partial charge in [-0.05, 0) is 19.3 Å². The molecule has 1 unspecified atom stereocenters. The van der Waals surface area contributed by atoms with E-state index in [1.54, 1.807) is 0 Å². The van der Waals surface area contributed by atoms with Crippen molar-refractivity contribution in [3.05, 3.63) is 0 Å². The Bertz CT molecular complexity index is 88.6. The molecule has 0 aliphatic heterocycles. The Kier molecular flexibility index (Phi) is 9.46. The first-order valence-corrected chi connectivity index (χ1v) is 5.40. The van der Waals surface area contributed by atoms with E-state index in [2.05, 4.69) is 12.3 Å². The van der Waals surface area contributed by atoms with Gasteiger partial charge >= 0.3 is 0 Å². The summed E-state index contributed by atoms with van der Waals surface area (Å²) in [7, 11) is 0. The molecular formula is C9H21ClN2. The zero-order valence-corrected chi connectivity index (χ0v) is 8.74.